The van der Waals surface area contributed by atoms with E-state index in [4.69, 9.17) is 14.2 Å². The molecule has 0 radical (unpaired) electrons. The lowest BCUT2D eigenvalue weighted by molar-refractivity contribution is -0.167. The molecule has 0 aliphatic rings. The minimum atomic E-state index is -0.801. The van der Waals surface area contributed by atoms with E-state index in [1.165, 1.54) is 109 Å². The molecule has 0 N–H and O–H groups in total. The highest BCUT2D eigenvalue weighted by atomic mass is 16.6. The fourth-order valence-electron chi connectivity index (χ4n) is 8.79. The second kappa shape index (κ2) is 66.1. The number of esters is 3. The molecule has 0 saturated heterocycles. The number of carbonyl (C=O) groups excluding carboxylic acids is 3. The van der Waals surface area contributed by atoms with Gasteiger partial charge in [-0.15, -0.1) is 0 Å². The van der Waals surface area contributed by atoms with Gasteiger partial charge in [-0.2, -0.15) is 0 Å². The molecule has 0 spiro atoms. The van der Waals surface area contributed by atoms with Crippen molar-refractivity contribution in [3.8, 4) is 0 Å². The minimum absolute atomic E-state index is 0.0953. The van der Waals surface area contributed by atoms with Gasteiger partial charge in [0, 0.05) is 19.3 Å². The zero-order valence-corrected chi connectivity index (χ0v) is 51.3. The lowest BCUT2D eigenvalue weighted by atomic mass is 10.0. The predicted molar refractivity (Wildman–Crippen MR) is 343 cm³/mol. The molecule has 1 unspecified atom stereocenters. The third-order valence-electron chi connectivity index (χ3n) is 13.6. The van der Waals surface area contributed by atoms with E-state index in [1.54, 1.807) is 0 Å². The smallest absolute Gasteiger partial charge is 0.306 e. The maximum Gasteiger partial charge on any atom is 0.306 e. The molecule has 0 bridgehead atoms. The van der Waals surface area contributed by atoms with Gasteiger partial charge in [0.25, 0.3) is 0 Å². The fourth-order valence-corrected chi connectivity index (χ4v) is 8.79. The van der Waals surface area contributed by atoms with Crippen molar-refractivity contribution in [2.75, 3.05) is 13.2 Å². The van der Waals surface area contributed by atoms with Gasteiger partial charge >= 0.3 is 17.9 Å². The molecule has 0 heterocycles. The number of carbonyl (C=O) groups is 3. The Hall–Kier alpha value is -4.45. The predicted octanol–water partition coefficient (Wildman–Crippen LogP) is 22.5. The molecule has 0 aromatic rings. The van der Waals surface area contributed by atoms with E-state index in [1.807, 2.05) is 0 Å². The Kier molecular flexibility index (Phi) is 62.3. The SMILES string of the molecule is CC/C=C\C/C=C\C/C=C\C/C=C\C/C=C\C/C=C\CCCCCCC(=O)OCC(COC(=O)CCCCCCC/C=C\CCCCCCCC)OC(=O)CCCCCCCCCCCC/C=C\C/C=C\C/C=C\C/C=C\CC. The summed E-state index contributed by atoms with van der Waals surface area (Å²) in [5, 5.41) is 0. The zero-order chi connectivity index (χ0) is 57.1. The van der Waals surface area contributed by atoms with Crippen molar-refractivity contribution >= 4 is 17.9 Å². The fraction of sp³-hybridized carbons (Fsp3) is 0.658. The van der Waals surface area contributed by atoms with Crippen LogP contribution in [0.1, 0.15) is 290 Å². The number of allylic oxidation sites excluding steroid dienone is 22. The van der Waals surface area contributed by atoms with E-state index in [-0.39, 0.29) is 31.1 Å². The first kappa shape index (κ1) is 74.5. The number of ether oxygens (including phenoxy) is 3. The molecule has 0 aromatic heterocycles. The second-order valence-corrected chi connectivity index (χ2v) is 21.3. The lowest BCUT2D eigenvalue weighted by Gasteiger charge is -2.18. The van der Waals surface area contributed by atoms with E-state index < -0.39 is 6.10 Å². The van der Waals surface area contributed by atoms with Crippen LogP contribution >= 0.6 is 0 Å². The quantitative estimate of drug-likeness (QED) is 0.0261. The normalized spacial score (nSPS) is 13.0. The Labute approximate surface area is 487 Å². The molecule has 0 aromatic carbocycles. The highest BCUT2D eigenvalue weighted by molar-refractivity contribution is 5.71. The Balaban J connectivity index is 4.45. The number of unbranched alkanes of at least 4 members (excludes halogenated alkanes) is 25. The van der Waals surface area contributed by atoms with Crippen LogP contribution in [0.2, 0.25) is 0 Å². The van der Waals surface area contributed by atoms with Crippen LogP contribution in [0.25, 0.3) is 0 Å². The summed E-state index contributed by atoms with van der Waals surface area (Å²) in [6, 6.07) is 0. The Bertz CT molecular complexity index is 1680. The van der Waals surface area contributed by atoms with Gasteiger partial charge in [-0.3, -0.25) is 14.4 Å². The molecule has 0 amide bonds. The largest absolute Gasteiger partial charge is 0.462 e. The van der Waals surface area contributed by atoms with Crippen molar-refractivity contribution < 1.29 is 28.6 Å². The Morgan fingerprint density at radius 2 is 0.494 bits per heavy atom. The van der Waals surface area contributed by atoms with Crippen molar-refractivity contribution in [2.45, 2.75) is 297 Å². The minimum Gasteiger partial charge on any atom is -0.462 e. The number of rotatable bonds is 58. The molecular weight excluding hydrogens is 973 g/mol. The maximum atomic E-state index is 12.9. The van der Waals surface area contributed by atoms with Crippen LogP contribution in [0.3, 0.4) is 0 Å². The standard InChI is InChI=1S/C73H120O6/c1-4-7-10-13-16-19-22-25-28-30-32-34-36-38-40-42-45-48-51-54-57-60-63-66-72(75)78-69-70(68-77-71(74)65-62-59-56-53-50-47-44-27-24-21-18-15-12-9-6-3)79-73(76)67-64-61-58-55-52-49-46-43-41-39-37-35-33-31-29-26-23-20-17-14-11-8-5-2/h7-8,10-11,16-17,19-20,25-29,32-35,38,40,44-45,48,70H,4-6,9,12-15,18,21-24,30-31,36-37,39,41-43,46-47,49-69H2,1-3H3/b10-7-,11-8-,19-16-,20-17-,28-25-,29-26-,34-32-,35-33-,40-38-,44-27-,48-45-. The average Bonchev–Trinajstić information content (AvgIpc) is 3.45. The monoisotopic (exact) mass is 1090 g/mol. The van der Waals surface area contributed by atoms with Crippen LogP contribution in [-0.2, 0) is 28.6 Å². The topological polar surface area (TPSA) is 78.9 Å². The van der Waals surface area contributed by atoms with E-state index in [2.05, 4.69) is 154 Å². The third kappa shape index (κ3) is 64.3. The summed E-state index contributed by atoms with van der Waals surface area (Å²) in [6.07, 6.45) is 93.1. The van der Waals surface area contributed by atoms with Gasteiger partial charge in [0.1, 0.15) is 13.2 Å². The average molecular weight is 1090 g/mol. The Morgan fingerprint density at radius 3 is 0.785 bits per heavy atom. The summed E-state index contributed by atoms with van der Waals surface area (Å²) in [5.41, 5.74) is 0. The lowest BCUT2D eigenvalue weighted by Crippen LogP contribution is -2.30. The second-order valence-electron chi connectivity index (χ2n) is 21.3. The van der Waals surface area contributed by atoms with Gasteiger partial charge in [0.15, 0.2) is 6.10 Å². The van der Waals surface area contributed by atoms with Crippen LogP contribution in [0.5, 0.6) is 0 Å². The van der Waals surface area contributed by atoms with Gasteiger partial charge in [-0.25, -0.2) is 0 Å². The summed E-state index contributed by atoms with van der Waals surface area (Å²) in [6.45, 7) is 6.39. The first-order chi connectivity index (χ1) is 39.0. The molecule has 0 rings (SSSR count). The third-order valence-corrected chi connectivity index (χ3v) is 13.6. The molecular formula is C73H120O6. The van der Waals surface area contributed by atoms with Crippen LogP contribution < -0.4 is 0 Å². The summed E-state index contributed by atoms with van der Waals surface area (Å²) in [5.74, 6) is -0.929. The zero-order valence-electron chi connectivity index (χ0n) is 51.3. The molecule has 0 aliphatic heterocycles. The molecule has 6 nitrogen and oxygen atoms in total. The van der Waals surface area contributed by atoms with Crippen molar-refractivity contribution in [2.24, 2.45) is 0 Å². The molecule has 0 fully saturated rings. The number of hydrogen-bond donors (Lipinski definition) is 0. The highest BCUT2D eigenvalue weighted by Crippen LogP contribution is 2.15. The maximum absolute atomic E-state index is 12.9. The molecule has 448 valence electrons. The van der Waals surface area contributed by atoms with Crippen molar-refractivity contribution in [3.63, 3.8) is 0 Å². The molecule has 79 heavy (non-hydrogen) atoms. The van der Waals surface area contributed by atoms with Crippen molar-refractivity contribution in [3.05, 3.63) is 134 Å². The van der Waals surface area contributed by atoms with E-state index in [0.29, 0.717) is 19.3 Å². The number of hydrogen-bond acceptors (Lipinski definition) is 6. The first-order valence-electron chi connectivity index (χ1n) is 32.7. The van der Waals surface area contributed by atoms with Gasteiger partial charge in [-0.05, 0) is 135 Å². The van der Waals surface area contributed by atoms with Crippen molar-refractivity contribution in [1.82, 2.24) is 0 Å². The van der Waals surface area contributed by atoms with Crippen LogP contribution in [0.15, 0.2) is 134 Å². The van der Waals surface area contributed by atoms with E-state index in [9.17, 15) is 14.4 Å². The van der Waals surface area contributed by atoms with Gasteiger partial charge in [0.05, 0.1) is 0 Å². The summed E-state index contributed by atoms with van der Waals surface area (Å²) >= 11 is 0. The molecule has 0 saturated carbocycles. The van der Waals surface area contributed by atoms with E-state index in [0.717, 1.165) is 141 Å². The van der Waals surface area contributed by atoms with Crippen molar-refractivity contribution in [1.29, 1.82) is 0 Å². The van der Waals surface area contributed by atoms with E-state index >= 15 is 0 Å². The summed E-state index contributed by atoms with van der Waals surface area (Å²) < 4.78 is 16.9. The highest BCUT2D eigenvalue weighted by Gasteiger charge is 2.19. The van der Waals surface area contributed by atoms with Gasteiger partial charge < -0.3 is 14.2 Å². The first-order valence-corrected chi connectivity index (χ1v) is 32.7. The van der Waals surface area contributed by atoms with Crippen LogP contribution in [0.4, 0.5) is 0 Å². The van der Waals surface area contributed by atoms with Crippen LogP contribution in [-0.4, -0.2) is 37.2 Å². The summed E-state index contributed by atoms with van der Waals surface area (Å²) in [4.78, 5) is 38.4. The molecule has 0 aliphatic carbocycles. The van der Waals surface area contributed by atoms with Crippen LogP contribution in [0, 0.1) is 0 Å². The van der Waals surface area contributed by atoms with Gasteiger partial charge in [0.2, 0.25) is 0 Å². The molecule has 1 atom stereocenters. The van der Waals surface area contributed by atoms with Gasteiger partial charge in [-0.1, -0.05) is 270 Å². The summed E-state index contributed by atoms with van der Waals surface area (Å²) in [7, 11) is 0. The molecule has 6 heteroatoms. The Morgan fingerprint density at radius 1 is 0.266 bits per heavy atom.